The molecule has 0 aromatic heterocycles. The van der Waals surface area contributed by atoms with E-state index in [4.69, 9.17) is 5.73 Å². The van der Waals surface area contributed by atoms with E-state index < -0.39 is 36.2 Å². The molecule has 1 rings (SSSR count). The Morgan fingerprint density at radius 1 is 1.28 bits per heavy atom. The molecule has 3 nitrogen and oxygen atoms in total. The number of carbonyl (C=O) groups excluding carboxylic acids is 1. The predicted octanol–water partition coefficient (Wildman–Crippen LogP) is 2.28. The largest absolute Gasteiger partial charge is 0.416 e. The van der Waals surface area contributed by atoms with Crippen molar-refractivity contribution >= 4 is 11.6 Å². The molecule has 1 aromatic rings. The Morgan fingerprint density at radius 2 is 1.89 bits per heavy atom. The van der Waals surface area contributed by atoms with Crippen molar-refractivity contribution in [1.82, 2.24) is 5.32 Å². The number of carbonyl (C=O) groups is 1. The van der Waals surface area contributed by atoms with Crippen molar-refractivity contribution in [2.45, 2.75) is 12.6 Å². The van der Waals surface area contributed by atoms with E-state index in [1.165, 1.54) is 0 Å². The molecule has 0 spiro atoms. The van der Waals surface area contributed by atoms with E-state index in [2.05, 4.69) is 0 Å². The minimum atomic E-state index is -4.66. The first-order chi connectivity index (χ1) is 8.20. The minimum Gasteiger partial charge on any atom is -0.399 e. The third-order valence-corrected chi connectivity index (χ3v) is 1.96. The van der Waals surface area contributed by atoms with Gasteiger partial charge in [0.05, 0.1) is 12.1 Å². The predicted molar refractivity (Wildman–Crippen MR) is 54.2 cm³/mol. The summed E-state index contributed by atoms with van der Waals surface area (Å²) < 4.78 is 60.9. The van der Waals surface area contributed by atoms with Crippen LogP contribution in [0, 0.1) is 0 Å². The molecule has 100 valence electrons. The molecule has 3 N–H and O–H groups in total. The SMILES string of the molecule is Nc1cc(C(=O)NCC(F)F)cc(C(F)(F)F)c1. The molecule has 0 heterocycles. The fraction of sp³-hybridized carbons (Fsp3) is 0.300. The van der Waals surface area contributed by atoms with Crippen LogP contribution in [0.1, 0.15) is 15.9 Å². The zero-order valence-corrected chi connectivity index (χ0v) is 8.89. The maximum Gasteiger partial charge on any atom is 0.416 e. The second kappa shape index (κ2) is 5.19. The number of alkyl halides is 5. The zero-order chi connectivity index (χ0) is 13.9. The quantitative estimate of drug-likeness (QED) is 0.652. The second-order valence-corrected chi connectivity index (χ2v) is 3.44. The van der Waals surface area contributed by atoms with Gasteiger partial charge in [-0.2, -0.15) is 13.2 Å². The lowest BCUT2D eigenvalue weighted by molar-refractivity contribution is -0.137. The van der Waals surface area contributed by atoms with Crippen molar-refractivity contribution in [2.24, 2.45) is 0 Å². The monoisotopic (exact) mass is 268 g/mol. The molecular formula is C10H9F5N2O. The van der Waals surface area contributed by atoms with Gasteiger partial charge in [0.15, 0.2) is 0 Å². The number of hydrogen-bond donors (Lipinski definition) is 2. The standard InChI is InChI=1S/C10H9F5N2O/c11-8(12)4-17-9(18)5-1-6(10(13,14)15)3-7(16)2-5/h1-3,8H,4,16H2,(H,17,18). The van der Waals surface area contributed by atoms with Crippen molar-refractivity contribution in [3.05, 3.63) is 29.3 Å². The third-order valence-electron chi connectivity index (χ3n) is 1.96. The number of nitrogens with one attached hydrogen (secondary N) is 1. The Morgan fingerprint density at radius 3 is 2.39 bits per heavy atom. The molecule has 0 fully saturated rings. The average molecular weight is 268 g/mol. The first-order valence-electron chi connectivity index (χ1n) is 4.74. The highest BCUT2D eigenvalue weighted by molar-refractivity contribution is 5.95. The van der Waals surface area contributed by atoms with Crippen LogP contribution >= 0.6 is 0 Å². The van der Waals surface area contributed by atoms with Crippen LogP contribution in [-0.4, -0.2) is 18.9 Å². The Labute approximate surface area is 98.8 Å². The number of anilines is 1. The number of benzene rings is 1. The summed E-state index contributed by atoms with van der Waals surface area (Å²) in [7, 11) is 0. The van der Waals surface area contributed by atoms with E-state index in [-0.39, 0.29) is 5.69 Å². The van der Waals surface area contributed by atoms with E-state index in [1.807, 2.05) is 0 Å². The molecule has 0 saturated heterocycles. The summed E-state index contributed by atoms with van der Waals surface area (Å²) in [5.41, 5.74) is 3.43. The third kappa shape index (κ3) is 3.86. The Balaban J connectivity index is 2.96. The highest BCUT2D eigenvalue weighted by atomic mass is 19.4. The maximum atomic E-state index is 12.4. The molecule has 0 aliphatic carbocycles. The zero-order valence-electron chi connectivity index (χ0n) is 8.89. The molecule has 1 aromatic carbocycles. The molecule has 0 unspecified atom stereocenters. The molecule has 0 aliphatic rings. The van der Waals surface area contributed by atoms with E-state index in [0.29, 0.717) is 12.1 Å². The summed E-state index contributed by atoms with van der Waals surface area (Å²) in [5.74, 6) is -1.03. The number of amides is 1. The van der Waals surface area contributed by atoms with Gasteiger partial charge in [-0.25, -0.2) is 8.78 Å². The first kappa shape index (κ1) is 14.2. The normalized spacial score (nSPS) is 11.7. The van der Waals surface area contributed by atoms with Crippen molar-refractivity contribution in [3.63, 3.8) is 0 Å². The summed E-state index contributed by atoms with van der Waals surface area (Å²) in [6.45, 7) is -0.936. The Bertz CT molecular complexity index is 444. The highest BCUT2D eigenvalue weighted by Gasteiger charge is 2.31. The van der Waals surface area contributed by atoms with Crippen molar-refractivity contribution in [1.29, 1.82) is 0 Å². The second-order valence-electron chi connectivity index (χ2n) is 3.44. The highest BCUT2D eigenvalue weighted by Crippen LogP contribution is 2.31. The van der Waals surface area contributed by atoms with E-state index in [1.54, 1.807) is 5.32 Å². The molecule has 8 heteroatoms. The van der Waals surface area contributed by atoms with Gasteiger partial charge in [-0.3, -0.25) is 4.79 Å². The molecule has 18 heavy (non-hydrogen) atoms. The van der Waals surface area contributed by atoms with Gasteiger partial charge < -0.3 is 11.1 Å². The van der Waals surface area contributed by atoms with Crippen LogP contribution in [0.3, 0.4) is 0 Å². The number of halogens is 5. The van der Waals surface area contributed by atoms with Gasteiger partial charge in [-0.15, -0.1) is 0 Å². The van der Waals surface area contributed by atoms with Crippen molar-refractivity contribution in [2.75, 3.05) is 12.3 Å². The van der Waals surface area contributed by atoms with Gasteiger partial charge in [0, 0.05) is 11.3 Å². The Hall–Kier alpha value is -1.86. The number of nitrogen functional groups attached to an aromatic ring is 1. The number of rotatable bonds is 3. The van der Waals surface area contributed by atoms with Crippen LogP contribution < -0.4 is 11.1 Å². The molecular weight excluding hydrogens is 259 g/mol. The van der Waals surface area contributed by atoms with Crippen molar-refractivity contribution < 1.29 is 26.7 Å². The van der Waals surface area contributed by atoms with Crippen LogP contribution in [0.4, 0.5) is 27.6 Å². The lowest BCUT2D eigenvalue weighted by atomic mass is 10.1. The van der Waals surface area contributed by atoms with E-state index >= 15 is 0 Å². The summed E-state index contributed by atoms with van der Waals surface area (Å²) >= 11 is 0. The lowest BCUT2D eigenvalue weighted by Crippen LogP contribution is -2.28. The van der Waals surface area contributed by atoms with Gasteiger partial charge in [0.1, 0.15) is 0 Å². The summed E-state index contributed by atoms with van der Waals surface area (Å²) in [6.07, 6.45) is -7.44. The minimum absolute atomic E-state index is 0.271. The number of hydrogen-bond acceptors (Lipinski definition) is 2. The summed E-state index contributed by atoms with van der Waals surface area (Å²) in [5, 5.41) is 1.79. The molecule has 0 atom stereocenters. The van der Waals surface area contributed by atoms with Gasteiger partial charge in [0.2, 0.25) is 0 Å². The van der Waals surface area contributed by atoms with E-state index in [0.717, 1.165) is 6.07 Å². The topological polar surface area (TPSA) is 55.1 Å². The van der Waals surface area contributed by atoms with Crippen LogP contribution in [0.2, 0.25) is 0 Å². The van der Waals surface area contributed by atoms with Crippen LogP contribution in [0.25, 0.3) is 0 Å². The summed E-state index contributed by atoms with van der Waals surface area (Å²) in [6, 6.07) is 2.19. The molecule has 1 amide bonds. The first-order valence-corrected chi connectivity index (χ1v) is 4.74. The van der Waals surface area contributed by atoms with Gasteiger partial charge in [-0.05, 0) is 18.2 Å². The maximum absolute atomic E-state index is 12.4. The van der Waals surface area contributed by atoms with Gasteiger partial charge >= 0.3 is 6.18 Å². The van der Waals surface area contributed by atoms with E-state index in [9.17, 15) is 26.7 Å². The molecule has 0 bridgehead atoms. The fourth-order valence-electron chi connectivity index (χ4n) is 1.22. The molecule has 0 saturated carbocycles. The smallest absolute Gasteiger partial charge is 0.399 e. The molecule has 0 aliphatic heterocycles. The number of nitrogens with two attached hydrogens (primary N) is 1. The van der Waals surface area contributed by atoms with Crippen LogP contribution in [0.5, 0.6) is 0 Å². The van der Waals surface area contributed by atoms with Crippen LogP contribution in [-0.2, 0) is 6.18 Å². The van der Waals surface area contributed by atoms with Gasteiger partial charge in [-0.1, -0.05) is 0 Å². The van der Waals surface area contributed by atoms with Crippen LogP contribution in [0.15, 0.2) is 18.2 Å². The van der Waals surface area contributed by atoms with Crippen molar-refractivity contribution in [3.8, 4) is 0 Å². The summed E-state index contributed by atoms with van der Waals surface area (Å²) in [4.78, 5) is 11.3. The molecule has 0 radical (unpaired) electrons. The van der Waals surface area contributed by atoms with Gasteiger partial charge in [0.25, 0.3) is 12.3 Å². The lowest BCUT2D eigenvalue weighted by Gasteiger charge is -2.10. The average Bonchev–Trinajstić information content (AvgIpc) is 2.23. The Kier molecular flexibility index (Phi) is 4.10. The fourth-order valence-corrected chi connectivity index (χ4v) is 1.22.